The zero-order chi connectivity index (χ0) is 15.0. The summed E-state index contributed by atoms with van der Waals surface area (Å²) in [5, 5.41) is 3.41. The third-order valence-corrected chi connectivity index (χ3v) is 5.33. The molecule has 120 valence electrons. The van der Waals surface area contributed by atoms with E-state index in [0.29, 0.717) is 19.7 Å². The monoisotopic (exact) mass is 307 g/mol. The van der Waals surface area contributed by atoms with Crippen molar-refractivity contribution in [2.24, 2.45) is 0 Å². The van der Waals surface area contributed by atoms with Crippen LogP contribution in [-0.4, -0.2) is 58.2 Å². The van der Waals surface area contributed by atoms with Crippen molar-refractivity contribution < 1.29 is 13.2 Å². The maximum absolute atomic E-state index is 12.4. The van der Waals surface area contributed by atoms with E-state index in [1.54, 1.807) is 11.4 Å². The van der Waals surface area contributed by atoms with Crippen LogP contribution in [0.4, 0.5) is 0 Å². The molecule has 1 saturated heterocycles. The van der Waals surface area contributed by atoms with Crippen LogP contribution in [-0.2, 0) is 14.9 Å². The summed E-state index contributed by atoms with van der Waals surface area (Å²) >= 11 is 0. The van der Waals surface area contributed by atoms with E-state index in [9.17, 15) is 8.42 Å². The molecule has 0 aromatic carbocycles. The quantitative estimate of drug-likeness (QED) is 0.616. The second kappa shape index (κ2) is 8.94. The second-order valence-corrected chi connectivity index (χ2v) is 7.02. The van der Waals surface area contributed by atoms with Gasteiger partial charge in [-0.25, -0.2) is 0 Å². The summed E-state index contributed by atoms with van der Waals surface area (Å²) in [6, 6.07) is 0.213. The molecule has 2 unspecified atom stereocenters. The number of piperidine rings is 1. The number of rotatable bonds is 9. The smallest absolute Gasteiger partial charge is 0.279 e. The first kappa shape index (κ1) is 17.8. The molecule has 7 heteroatoms. The molecule has 0 amide bonds. The lowest BCUT2D eigenvalue weighted by molar-refractivity contribution is 0.195. The number of hydrogen-bond acceptors (Lipinski definition) is 4. The van der Waals surface area contributed by atoms with E-state index in [-0.39, 0.29) is 12.1 Å². The van der Waals surface area contributed by atoms with Crippen LogP contribution < -0.4 is 10.0 Å². The second-order valence-electron chi connectivity index (χ2n) is 5.31. The fourth-order valence-corrected chi connectivity index (χ4v) is 4.11. The first-order valence-electron chi connectivity index (χ1n) is 7.51. The van der Waals surface area contributed by atoms with Gasteiger partial charge in [-0.2, -0.15) is 17.4 Å². The van der Waals surface area contributed by atoms with Crippen molar-refractivity contribution in [1.82, 2.24) is 14.3 Å². The van der Waals surface area contributed by atoms with Crippen LogP contribution in [0.5, 0.6) is 0 Å². The van der Waals surface area contributed by atoms with Crippen LogP contribution in [0.1, 0.15) is 39.5 Å². The van der Waals surface area contributed by atoms with E-state index < -0.39 is 10.2 Å². The highest BCUT2D eigenvalue weighted by molar-refractivity contribution is 7.87. The van der Waals surface area contributed by atoms with E-state index in [1.165, 1.54) is 0 Å². The van der Waals surface area contributed by atoms with Gasteiger partial charge < -0.3 is 10.1 Å². The molecular formula is C13H29N3O3S. The zero-order valence-electron chi connectivity index (χ0n) is 12.9. The van der Waals surface area contributed by atoms with Gasteiger partial charge in [0.1, 0.15) is 0 Å². The summed E-state index contributed by atoms with van der Waals surface area (Å²) in [4.78, 5) is 0. The van der Waals surface area contributed by atoms with E-state index in [0.717, 1.165) is 32.2 Å². The number of methoxy groups -OCH3 is 1. The molecular weight excluding hydrogens is 278 g/mol. The largest absolute Gasteiger partial charge is 0.383 e. The lowest BCUT2D eigenvalue weighted by atomic mass is 9.99. The van der Waals surface area contributed by atoms with Gasteiger partial charge in [-0.3, -0.25) is 0 Å². The van der Waals surface area contributed by atoms with Crippen LogP contribution >= 0.6 is 0 Å². The Bertz CT molecular complexity index is 362. The van der Waals surface area contributed by atoms with E-state index in [4.69, 9.17) is 4.74 Å². The van der Waals surface area contributed by atoms with Crippen molar-refractivity contribution in [3.63, 3.8) is 0 Å². The van der Waals surface area contributed by atoms with Gasteiger partial charge in [0.05, 0.1) is 6.61 Å². The Kier molecular flexibility index (Phi) is 7.98. The molecule has 1 aliphatic rings. The van der Waals surface area contributed by atoms with Crippen LogP contribution in [0.3, 0.4) is 0 Å². The molecule has 0 bridgehead atoms. The van der Waals surface area contributed by atoms with Gasteiger partial charge in [-0.1, -0.05) is 13.3 Å². The van der Waals surface area contributed by atoms with Crippen molar-refractivity contribution in [2.75, 3.05) is 33.4 Å². The third kappa shape index (κ3) is 5.29. The predicted octanol–water partition coefficient (Wildman–Crippen LogP) is 0.710. The van der Waals surface area contributed by atoms with Crippen LogP contribution in [0, 0.1) is 0 Å². The molecule has 0 aliphatic carbocycles. The van der Waals surface area contributed by atoms with Crippen LogP contribution in [0.2, 0.25) is 0 Å². The number of nitrogens with zero attached hydrogens (tertiary/aromatic N) is 1. The maximum Gasteiger partial charge on any atom is 0.279 e. The Morgan fingerprint density at radius 1 is 1.35 bits per heavy atom. The first-order valence-corrected chi connectivity index (χ1v) is 8.95. The van der Waals surface area contributed by atoms with Crippen molar-refractivity contribution in [1.29, 1.82) is 0 Å². The molecule has 1 fully saturated rings. The molecule has 2 atom stereocenters. The lowest BCUT2D eigenvalue weighted by Crippen LogP contribution is -2.56. The Hall–Kier alpha value is -0.210. The summed E-state index contributed by atoms with van der Waals surface area (Å²) < 4.78 is 33.9. The van der Waals surface area contributed by atoms with Gasteiger partial charge >= 0.3 is 0 Å². The molecule has 6 nitrogen and oxygen atoms in total. The standard InChI is InChI=1S/C13H29N3O3S/c1-4-8-14-12(2)13-7-5-6-10-16(13)20(17,18)15-9-11-19-3/h12-15H,4-11H2,1-3H3. The Morgan fingerprint density at radius 3 is 2.75 bits per heavy atom. The molecule has 1 heterocycles. The van der Waals surface area contributed by atoms with Crippen LogP contribution in [0.25, 0.3) is 0 Å². The minimum absolute atomic E-state index is 0.0374. The lowest BCUT2D eigenvalue weighted by Gasteiger charge is -2.38. The normalized spacial score (nSPS) is 22.9. The summed E-state index contributed by atoms with van der Waals surface area (Å²) in [5.41, 5.74) is 0. The molecule has 0 radical (unpaired) electrons. The van der Waals surface area contributed by atoms with Crippen molar-refractivity contribution in [3.05, 3.63) is 0 Å². The number of nitrogens with one attached hydrogen (secondary N) is 2. The van der Waals surface area contributed by atoms with Gasteiger partial charge in [-0.05, 0) is 32.7 Å². The molecule has 2 N–H and O–H groups in total. The Morgan fingerprint density at radius 2 is 2.10 bits per heavy atom. The topological polar surface area (TPSA) is 70.7 Å². The van der Waals surface area contributed by atoms with Gasteiger partial charge in [-0.15, -0.1) is 0 Å². The zero-order valence-corrected chi connectivity index (χ0v) is 13.7. The fraction of sp³-hybridized carbons (Fsp3) is 1.00. The van der Waals surface area contributed by atoms with Gasteiger partial charge in [0, 0.05) is 32.3 Å². The van der Waals surface area contributed by atoms with Crippen molar-refractivity contribution in [2.45, 2.75) is 51.6 Å². The predicted molar refractivity (Wildman–Crippen MR) is 80.9 cm³/mol. The third-order valence-electron chi connectivity index (χ3n) is 3.69. The SMILES string of the molecule is CCCNC(C)C1CCCCN1S(=O)(=O)NCCOC. The number of hydrogen-bond donors (Lipinski definition) is 2. The Balaban J connectivity index is 2.67. The molecule has 0 spiro atoms. The maximum atomic E-state index is 12.4. The summed E-state index contributed by atoms with van der Waals surface area (Å²) in [7, 11) is -1.85. The van der Waals surface area contributed by atoms with E-state index in [1.807, 2.05) is 0 Å². The highest BCUT2D eigenvalue weighted by Gasteiger charge is 2.34. The minimum Gasteiger partial charge on any atom is -0.383 e. The highest BCUT2D eigenvalue weighted by atomic mass is 32.2. The minimum atomic E-state index is -3.41. The van der Waals surface area contributed by atoms with E-state index in [2.05, 4.69) is 23.9 Å². The first-order chi connectivity index (χ1) is 9.53. The molecule has 0 aromatic heterocycles. The van der Waals surface area contributed by atoms with Gasteiger partial charge in [0.15, 0.2) is 0 Å². The Labute approximate surface area is 123 Å². The summed E-state index contributed by atoms with van der Waals surface area (Å²) in [6.45, 7) is 6.42. The summed E-state index contributed by atoms with van der Waals surface area (Å²) in [6.07, 6.45) is 3.99. The van der Waals surface area contributed by atoms with Gasteiger partial charge in [0.25, 0.3) is 10.2 Å². The molecule has 1 aliphatic heterocycles. The van der Waals surface area contributed by atoms with Crippen molar-refractivity contribution in [3.8, 4) is 0 Å². The molecule has 20 heavy (non-hydrogen) atoms. The average molecular weight is 307 g/mol. The molecule has 0 aromatic rings. The molecule has 1 rings (SSSR count). The average Bonchev–Trinajstić information content (AvgIpc) is 2.45. The molecule has 0 saturated carbocycles. The fourth-order valence-electron chi connectivity index (χ4n) is 2.59. The highest BCUT2D eigenvalue weighted by Crippen LogP contribution is 2.22. The summed E-state index contributed by atoms with van der Waals surface area (Å²) in [5.74, 6) is 0. The van der Waals surface area contributed by atoms with Gasteiger partial charge in [0.2, 0.25) is 0 Å². The van der Waals surface area contributed by atoms with E-state index >= 15 is 0 Å². The number of ether oxygens (including phenoxy) is 1. The van der Waals surface area contributed by atoms with Crippen molar-refractivity contribution >= 4 is 10.2 Å². The van der Waals surface area contributed by atoms with Crippen LogP contribution in [0.15, 0.2) is 0 Å².